The summed E-state index contributed by atoms with van der Waals surface area (Å²) in [5.41, 5.74) is 4.55. The molecule has 172 valence electrons. The van der Waals surface area contributed by atoms with Crippen molar-refractivity contribution in [1.29, 1.82) is 0 Å². The van der Waals surface area contributed by atoms with Crippen LogP contribution in [0.5, 0.6) is 0 Å². The highest BCUT2D eigenvalue weighted by atomic mass is 16.5. The van der Waals surface area contributed by atoms with Crippen LogP contribution in [0.3, 0.4) is 0 Å². The summed E-state index contributed by atoms with van der Waals surface area (Å²) in [7, 11) is 0. The Bertz CT molecular complexity index is 1030. The molecule has 8 heteroatoms. The molecule has 1 aliphatic carbocycles. The van der Waals surface area contributed by atoms with Gasteiger partial charge in [0.25, 0.3) is 0 Å². The average Bonchev–Trinajstić information content (AvgIpc) is 3.13. The summed E-state index contributed by atoms with van der Waals surface area (Å²) in [6.45, 7) is 2.37. The van der Waals surface area contributed by atoms with Crippen LogP contribution in [0.25, 0.3) is 11.1 Å². The molecule has 0 saturated heterocycles. The Hall–Kier alpha value is -3.83. The second-order valence-corrected chi connectivity index (χ2v) is 7.37. The van der Waals surface area contributed by atoms with Crippen molar-refractivity contribution < 1.29 is 29.0 Å². The van der Waals surface area contributed by atoms with Gasteiger partial charge in [-0.2, -0.15) is 0 Å². The molecule has 2 aromatic rings. The first-order chi connectivity index (χ1) is 16.0. The summed E-state index contributed by atoms with van der Waals surface area (Å²) in [5, 5.41) is 13.6. The summed E-state index contributed by atoms with van der Waals surface area (Å²) in [4.78, 5) is 34.7. The van der Waals surface area contributed by atoms with Crippen molar-refractivity contribution in [2.24, 2.45) is 0 Å². The Morgan fingerprint density at radius 3 is 2.27 bits per heavy atom. The first kappa shape index (κ1) is 23.8. The van der Waals surface area contributed by atoms with Gasteiger partial charge < -0.3 is 25.2 Å². The van der Waals surface area contributed by atoms with E-state index in [9.17, 15) is 14.4 Å². The van der Waals surface area contributed by atoms with Crippen LogP contribution in [0.4, 0.5) is 4.79 Å². The van der Waals surface area contributed by atoms with Crippen LogP contribution in [0.15, 0.2) is 48.5 Å². The third-order valence-corrected chi connectivity index (χ3v) is 5.20. The van der Waals surface area contributed by atoms with Gasteiger partial charge in [0.05, 0.1) is 19.1 Å². The molecule has 0 radical (unpaired) electrons. The molecule has 1 unspecified atom stereocenters. The Labute approximate surface area is 192 Å². The normalized spacial score (nSPS) is 12.5. The number of carboxylic acids is 1. The van der Waals surface area contributed by atoms with Crippen LogP contribution < -0.4 is 10.6 Å². The van der Waals surface area contributed by atoms with Crippen molar-refractivity contribution in [2.45, 2.75) is 25.4 Å². The molecule has 0 spiro atoms. The van der Waals surface area contributed by atoms with Crippen LogP contribution in [0.2, 0.25) is 0 Å². The van der Waals surface area contributed by atoms with Crippen molar-refractivity contribution in [3.05, 3.63) is 59.7 Å². The molecule has 0 saturated carbocycles. The van der Waals surface area contributed by atoms with Crippen LogP contribution in [0, 0.1) is 11.8 Å². The van der Waals surface area contributed by atoms with Gasteiger partial charge in [-0.25, -0.2) is 9.59 Å². The van der Waals surface area contributed by atoms with E-state index in [1.165, 1.54) is 0 Å². The number of carbonyl (C=O) groups excluding carboxylic acids is 2. The Kier molecular flexibility index (Phi) is 8.44. The highest BCUT2D eigenvalue weighted by Crippen LogP contribution is 2.44. The predicted octanol–water partition coefficient (Wildman–Crippen LogP) is 2.52. The van der Waals surface area contributed by atoms with E-state index in [1.54, 1.807) is 6.92 Å². The van der Waals surface area contributed by atoms with Crippen LogP contribution in [-0.2, 0) is 19.1 Å². The molecule has 2 aromatic carbocycles. The van der Waals surface area contributed by atoms with Crippen molar-refractivity contribution in [3.8, 4) is 23.0 Å². The number of amides is 2. The summed E-state index contributed by atoms with van der Waals surface area (Å²) >= 11 is 0. The van der Waals surface area contributed by atoms with Crippen molar-refractivity contribution >= 4 is 18.0 Å². The quantitative estimate of drug-likeness (QED) is 0.506. The zero-order valence-electron chi connectivity index (χ0n) is 18.3. The third-order valence-electron chi connectivity index (χ3n) is 5.20. The zero-order valence-corrected chi connectivity index (χ0v) is 18.3. The van der Waals surface area contributed by atoms with E-state index in [1.807, 2.05) is 42.3 Å². The second kappa shape index (κ2) is 11.7. The van der Waals surface area contributed by atoms with Crippen molar-refractivity contribution in [1.82, 2.24) is 10.6 Å². The molecule has 1 atom stereocenters. The summed E-state index contributed by atoms with van der Waals surface area (Å²) in [5.74, 6) is 2.58. The predicted molar refractivity (Wildman–Crippen MR) is 122 cm³/mol. The van der Waals surface area contributed by atoms with Crippen molar-refractivity contribution in [2.75, 3.05) is 26.3 Å². The van der Waals surface area contributed by atoms with Gasteiger partial charge in [-0.05, 0) is 29.2 Å². The van der Waals surface area contributed by atoms with Gasteiger partial charge in [0.1, 0.15) is 6.61 Å². The van der Waals surface area contributed by atoms with Gasteiger partial charge in [-0.1, -0.05) is 54.5 Å². The van der Waals surface area contributed by atoms with E-state index < -0.39 is 18.2 Å². The zero-order chi connectivity index (χ0) is 23.6. The van der Waals surface area contributed by atoms with Gasteiger partial charge in [-0.3, -0.25) is 4.79 Å². The molecular formula is C25H26N2O6. The minimum atomic E-state index is -1.26. The van der Waals surface area contributed by atoms with Crippen molar-refractivity contribution in [3.63, 3.8) is 0 Å². The molecule has 3 N–H and O–H groups in total. The van der Waals surface area contributed by atoms with Gasteiger partial charge in [0, 0.05) is 25.0 Å². The van der Waals surface area contributed by atoms with E-state index >= 15 is 0 Å². The van der Waals surface area contributed by atoms with E-state index in [-0.39, 0.29) is 37.9 Å². The van der Waals surface area contributed by atoms with Gasteiger partial charge in [0.2, 0.25) is 5.91 Å². The van der Waals surface area contributed by atoms with E-state index in [0.29, 0.717) is 6.61 Å². The topological polar surface area (TPSA) is 114 Å². The molecule has 0 aromatic heterocycles. The highest BCUT2D eigenvalue weighted by Gasteiger charge is 2.29. The largest absolute Gasteiger partial charge is 0.472 e. The third kappa shape index (κ3) is 6.57. The van der Waals surface area contributed by atoms with Crippen LogP contribution in [-0.4, -0.2) is 55.5 Å². The SMILES string of the molecule is CCOC(CNC(=O)OCC1c2ccccc2-c2ccccc21)CC(=O)NCC#CC(=O)O. The number of nitrogens with one attached hydrogen (secondary N) is 2. The lowest BCUT2D eigenvalue weighted by atomic mass is 9.98. The standard InChI is InChI=1S/C25H26N2O6/c1-2-32-17(14-23(28)26-13-7-12-24(29)30)15-27-25(31)33-16-22-20-10-5-3-8-18(20)19-9-4-6-11-21(19)22/h3-6,8-11,17,22H,2,13-16H2,1H3,(H,26,28)(H,27,31)(H,29,30). The lowest BCUT2D eigenvalue weighted by Crippen LogP contribution is -2.38. The number of carboxylic acid groups (broad SMARTS) is 1. The number of ether oxygens (including phenoxy) is 2. The highest BCUT2D eigenvalue weighted by molar-refractivity contribution is 5.86. The molecule has 0 heterocycles. The summed E-state index contributed by atoms with van der Waals surface area (Å²) in [6.07, 6.45) is -1.15. The number of hydrogen-bond donors (Lipinski definition) is 3. The maximum absolute atomic E-state index is 12.3. The second-order valence-electron chi connectivity index (χ2n) is 7.37. The van der Waals surface area contributed by atoms with E-state index in [0.717, 1.165) is 22.3 Å². The molecule has 3 rings (SSSR count). The first-order valence-corrected chi connectivity index (χ1v) is 10.7. The number of fused-ring (bicyclic) bond motifs is 3. The number of aliphatic carboxylic acids is 1. The molecule has 33 heavy (non-hydrogen) atoms. The molecule has 0 fully saturated rings. The van der Waals surface area contributed by atoms with Crippen LogP contribution in [0.1, 0.15) is 30.4 Å². The molecule has 2 amide bonds. The molecule has 1 aliphatic rings. The minimum Gasteiger partial charge on any atom is -0.472 e. The average molecular weight is 450 g/mol. The fourth-order valence-corrected chi connectivity index (χ4v) is 3.81. The monoisotopic (exact) mass is 450 g/mol. The lowest BCUT2D eigenvalue weighted by molar-refractivity contribution is -0.130. The summed E-state index contributed by atoms with van der Waals surface area (Å²) < 4.78 is 11.0. The smallest absolute Gasteiger partial charge is 0.407 e. The maximum Gasteiger partial charge on any atom is 0.407 e. The Morgan fingerprint density at radius 1 is 1.03 bits per heavy atom. The van der Waals surface area contributed by atoms with E-state index in [4.69, 9.17) is 14.6 Å². The molecular weight excluding hydrogens is 424 g/mol. The van der Waals surface area contributed by atoms with Crippen LogP contribution >= 0.6 is 0 Å². The van der Waals surface area contributed by atoms with Gasteiger partial charge >= 0.3 is 12.1 Å². The lowest BCUT2D eigenvalue weighted by Gasteiger charge is -2.18. The Morgan fingerprint density at radius 2 is 1.67 bits per heavy atom. The fraction of sp³-hybridized carbons (Fsp3) is 0.320. The molecule has 0 bridgehead atoms. The summed E-state index contributed by atoms with van der Waals surface area (Å²) in [6, 6.07) is 16.2. The number of rotatable bonds is 9. The first-order valence-electron chi connectivity index (χ1n) is 10.7. The molecule has 8 nitrogen and oxygen atoms in total. The van der Waals surface area contributed by atoms with Gasteiger partial charge in [-0.15, -0.1) is 0 Å². The fourth-order valence-electron chi connectivity index (χ4n) is 3.81. The number of alkyl carbamates (subject to hydrolysis) is 1. The maximum atomic E-state index is 12.3. The van der Waals surface area contributed by atoms with Gasteiger partial charge in [0.15, 0.2) is 0 Å². The number of benzene rings is 2. The molecule has 0 aliphatic heterocycles. The van der Waals surface area contributed by atoms with E-state index in [2.05, 4.69) is 28.7 Å². The minimum absolute atomic E-state index is 0.00769. The number of carbonyl (C=O) groups is 3. The number of hydrogen-bond acceptors (Lipinski definition) is 5. The Balaban J connectivity index is 1.49.